The van der Waals surface area contributed by atoms with Crippen LogP contribution in [0, 0.1) is 0 Å². The molecule has 2 aromatic carbocycles. The minimum absolute atomic E-state index is 1.10. The van der Waals surface area contributed by atoms with Crippen LogP contribution in [0.3, 0.4) is 0 Å². The minimum Gasteiger partial charge on any atom is -0.308 e. The second-order valence-corrected chi connectivity index (χ2v) is 4.58. The molecule has 0 aliphatic carbocycles. The summed E-state index contributed by atoms with van der Waals surface area (Å²) < 4.78 is 2.26. The van der Waals surface area contributed by atoms with Crippen LogP contribution < -0.4 is 0 Å². The van der Waals surface area contributed by atoms with Gasteiger partial charge in [-0.1, -0.05) is 36.4 Å². The summed E-state index contributed by atoms with van der Waals surface area (Å²) in [6, 6.07) is 21.0. The Kier molecular flexibility index (Phi) is 2.15. The van der Waals surface area contributed by atoms with Crippen molar-refractivity contribution in [2.75, 3.05) is 0 Å². The van der Waals surface area contributed by atoms with Crippen LogP contribution in [0.5, 0.6) is 0 Å². The lowest BCUT2D eigenvalue weighted by Crippen LogP contribution is -1.93. The van der Waals surface area contributed by atoms with Gasteiger partial charge in [-0.3, -0.25) is 4.98 Å². The van der Waals surface area contributed by atoms with Gasteiger partial charge in [0.15, 0.2) is 0 Å². The zero-order chi connectivity index (χ0) is 12.7. The van der Waals surface area contributed by atoms with Crippen molar-refractivity contribution in [3.63, 3.8) is 0 Å². The number of fused-ring (bicyclic) bond motifs is 3. The van der Waals surface area contributed by atoms with Crippen molar-refractivity contribution in [3.8, 4) is 5.69 Å². The number of aromatic nitrogens is 2. The predicted octanol–water partition coefficient (Wildman–Crippen LogP) is 4.18. The molecule has 0 N–H and O–H groups in total. The molecule has 90 valence electrons. The van der Waals surface area contributed by atoms with E-state index in [2.05, 4.69) is 64.1 Å². The molecular formula is C17H12N2. The van der Waals surface area contributed by atoms with Crippen LogP contribution in [0.15, 0.2) is 73.1 Å². The third-order valence-corrected chi connectivity index (χ3v) is 3.48. The highest BCUT2D eigenvalue weighted by Gasteiger charge is 2.10. The zero-order valence-electron chi connectivity index (χ0n) is 10.3. The van der Waals surface area contributed by atoms with Crippen molar-refractivity contribution in [2.45, 2.75) is 0 Å². The Balaban J connectivity index is 2.24. The molecule has 0 unspecified atom stereocenters. The van der Waals surface area contributed by atoms with E-state index in [4.69, 9.17) is 0 Å². The van der Waals surface area contributed by atoms with Gasteiger partial charge in [0.1, 0.15) is 0 Å². The fraction of sp³-hybridized carbons (Fsp3) is 0. The molecule has 4 rings (SSSR count). The first-order chi connectivity index (χ1) is 9.45. The van der Waals surface area contributed by atoms with Gasteiger partial charge in [0, 0.05) is 17.0 Å². The monoisotopic (exact) mass is 244 g/mol. The summed E-state index contributed by atoms with van der Waals surface area (Å²) in [5.74, 6) is 0. The summed E-state index contributed by atoms with van der Waals surface area (Å²) in [6.45, 7) is 0. The van der Waals surface area contributed by atoms with E-state index in [1.54, 1.807) is 6.20 Å². The van der Waals surface area contributed by atoms with Crippen molar-refractivity contribution < 1.29 is 0 Å². The molecule has 2 nitrogen and oxygen atoms in total. The van der Waals surface area contributed by atoms with Gasteiger partial charge in [0.05, 0.1) is 22.9 Å². The van der Waals surface area contributed by atoms with Crippen LogP contribution in [-0.2, 0) is 0 Å². The molecule has 0 saturated carbocycles. The van der Waals surface area contributed by atoms with E-state index >= 15 is 0 Å². The van der Waals surface area contributed by atoms with Crippen molar-refractivity contribution >= 4 is 21.8 Å². The molecule has 2 heteroatoms. The highest BCUT2D eigenvalue weighted by atomic mass is 15.0. The Hall–Kier alpha value is -2.61. The van der Waals surface area contributed by atoms with Gasteiger partial charge in [0.2, 0.25) is 0 Å². The number of hydrogen-bond donors (Lipinski definition) is 0. The molecule has 2 aromatic heterocycles. The van der Waals surface area contributed by atoms with Gasteiger partial charge >= 0.3 is 0 Å². The van der Waals surface area contributed by atoms with Crippen molar-refractivity contribution in [1.29, 1.82) is 0 Å². The number of nitrogens with zero attached hydrogens (tertiary/aromatic N) is 2. The fourth-order valence-electron chi connectivity index (χ4n) is 2.69. The number of para-hydroxylation sites is 2. The lowest BCUT2D eigenvalue weighted by atomic mass is 10.2. The lowest BCUT2D eigenvalue weighted by Gasteiger charge is -2.06. The summed E-state index contributed by atoms with van der Waals surface area (Å²) in [5.41, 5.74) is 3.54. The molecule has 0 bridgehead atoms. The molecule has 0 saturated heterocycles. The average Bonchev–Trinajstić information content (AvgIpc) is 2.83. The lowest BCUT2D eigenvalue weighted by molar-refractivity contribution is 1.14. The fourth-order valence-corrected chi connectivity index (χ4v) is 2.69. The SMILES string of the molecule is c1cncc(-n2c3ccccc3c3ccccc32)c1. The molecular weight excluding hydrogens is 232 g/mol. The molecule has 0 radical (unpaired) electrons. The summed E-state index contributed by atoms with van der Waals surface area (Å²) in [7, 11) is 0. The first kappa shape index (κ1) is 10.3. The van der Waals surface area contributed by atoms with Crippen LogP contribution in [0.2, 0.25) is 0 Å². The van der Waals surface area contributed by atoms with E-state index in [9.17, 15) is 0 Å². The smallest absolute Gasteiger partial charge is 0.0645 e. The summed E-state index contributed by atoms with van der Waals surface area (Å²) in [6.07, 6.45) is 3.70. The van der Waals surface area contributed by atoms with Crippen LogP contribution in [0.4, 0.5) is 0 Å². The van der Waals surface area contributed by atoms with Crippen LogP contribution in [0.25, 0.3) is 27.5 Å². The summed E-state index contributed by atoms with van der Waals surface area (Å²) >= 11 is 0. The molecule has 4 aromatic rings. The largest absolute Gasteiger partial charge is 0.308 e. The van der Waals surface area contributed by atoms with Gasteiger partial charge in [-0.25, -0.2) is 0 Å². The van der Waals surface area contributed by atoms with E-state index in [1.807, 2.05) is 12.3 Å². The van der Waals surface area contributed by atoms with Gasteiger partial charge in [-0.05, 0) is 24.3 Å². The standard InChI is InChI=1S/C17H12N2/c1-3-9-16-14(7-1)15-8-2-4-10-17(15)19(16)13-6-5-11-18-12-13/h1-12H. The molecule has 0 fully saturated rings. The van der Waals surface area contributed by atoms with Gasteiger partial charge in [0.25, 0.3) is 0 Å². The Labute approximate surface area is 110 Å². The van der Waals surface area contributed by atoms with E-state index in [0.29, 0.717) is 0 Å². The summed E-state index contributed by atoms with van der Waals surface area (Å²) in [4.78, 5) is 4.23. The highest BCUT2D eigenvalue weighted by Crippen LogP contribution is 2.31. The Morgan fingerprint density at radius 3 is 1.89 bits per heavy atom. The van der Waals surface area contributed by atoms with E-state index in [-0.39, 0.29) is 0 Å². The Morgan fingerprint density at radius 2 is 1.32 bits per heavy atom. The summed E-state index contributed by atoms with van der Waals surface area (Å²) in [5, 5.41) is 2.56. The third kappa shape index (κ3) is 1.47. The highest BCUT2D eigenvalue weighted by molar-refractivity contribution is 6.09. The molecule has 2 heterocycles. The maximum Gasteiger partial charge on any atom is 0.0645 e. The molecule has 19 heavy (non-hydrogen) atoms. The van der Waals surface area contributed by atoms with E-state index in [1.165, 1.54) is 21.8 Å². The van der Waals surface area contributed by atoms with Crippen molar-refractivity contribution in [1.82, 2.24) is 9.55 Å². The van der Waals surface area contributed by atoms with Crippen LogP contribution in [-0.4, -0.2) is 9.55 Å². The first-order valence-corrected chi connectivity index (χ1v) is 6.34. The topological polar surface area (TPSA) is 17.8 Å². The maximum atomic E-state index is 4.23. The van der Waals surface area contributed by atoms with Gasteiger partial charge in [-0.2, -0.15) is 0 Å². The third-order valence-electron chi connectivity index (χ3n) is 3.48. The van der Waals surface area contributed by atoms with Gasteiger partial charge in [-0.15, -0.1) is 0 Å². The molecule has 0 amide bonds. The molecule has 0 atom stereocenters. The normalized spacial score (nSPS) is 11.2. The van der Waals surface area contributed by atoms with Crippen LogP contribution in [0.1, 0.15) is 0 Å². The van der Waals surface area contributed by atoms with E-state index in [0.717, 1.165) is 5.69 Å². The average molecular weight is 244 g/mol. The number of rotatable bonds is 1. The van der Waals surface area contributed by atoms with Gasteiger partial charge < -0.3 is 4.57 Å². The molecule has 0 aliphatic rings. The minimum atomic E-state index is 1.10. The second-order valence-electron chi connectivity index (χ2n) is 4.58. The van der Waals surface area contributed by atoms with E-state index < -0.39 is 0 Å². The maximum absolute atomic E-state index is 4.23. The molecule has 0 spiro atoms. The zero-order valence-corrected chi connectivity index (χ0v) is 10.3. The first-order valence-electron chi connectivity index (χ1n) is 6.34. The van der Waals surface area contributed by atoms with Crippen LogP contribution >= 0.6 is 0 Å². The quantitative estimate of drug-likeness (QED) is 0.491. The number of pyridine rings is 1. The molecule has 0 aliphatic heterocycles. The van der Waals surface area contributed by atoms with Crippen molar-refractivity contribution in [2.24, 2.45) is 0 Å². The number of benzene rings is 2. The Morgan fingerprint density at radius 1 is 0.684 bits per heavy atom. The Bertz CT molecular complexity index is 807. The van der Waals surface area contributed by atoms with Crippen molar-refractivity contribution in [3.05, 3.63) is 73.1 Å². The second kappa shape index (κ2) is 3.95. The predicted molar refractivity (Wildman–Crippen MR) is 78.6 cm³/mol. The number of hydrogen-bond acceptors (Lipinski definition) is 1.